The zero-order valence-electron chi connectivity index (χ0n) is 21.5. The van der Waals surface area contributed by atoms with E-state index in [0.29, 0.717) is 5.56 Å². The number of benzene rings is 2. The molecule has 6 nitrogen and oxygen atoms in total. The molecule has 1 aliphatic heterocycles. The number of nitrogens with zero attached hydrogens (tertiary/aromatic N) is 3. The highest BCUT2D eigenvalue weighted by Gasteiger charge is 2.48. The van der Waals surface area contributed by atoms with Gasteiger partial charge in [-0.05, 0) is 55.3 Å². The number of aromatic nitrogens is 3. The number of halogens is 6. The summed E-state index contributed by atoms with van der Waals surface area (Å²) in [6.07, 6.45) is -3.73. The van der Waals surface area contributed by atoms with Crippen LogP contribution in [-0.2, 0) is 34.0 Å². The molecule has 1 atom stereocenters. The Morgan fingerprint density at radius 1 is 0.900 bits per heavy atom. The van der Waals surface area contributed by atoms with Crippen LogP contribution in [0.3, 0.4) is 0 Å². The molecule has 1 N–H and O–H groups in total. The lowest BCUT2D eigenvalue weighted by Crippen LogP contribution is -2.50. The van der Waals surface area contributed by atoms with E-state index in [1.54, 1.807) is 26.0 Å². The third-order valence-electron chi connectivity index (χ3n) is 6.58. The van der Waals surface area contributed by atoms with Gasteiger partial charge in [-0.25, -0.2) is 9.67 Å². The Balaban J connectivity index is 1.43. The number of alkyl halides is 6. The molecule has 0 aliphatic carbocycles. The van der Waals surface area contributed by atoms with E-state index in [9.17, 15) is 31.4 Å². The molecule has 1 unspecified atom stereocenters. The van der Waals surface area contributed by atoms with E-state index in [-0.39, 0.29) is 30.6 Å². The standard InChI is InChI=1S/C27H27F6N3O3S/c1-24(2,25(37,15-36-17-34-16-35-36)19-8-10-21(11-9-19)27(31,32)33)40-22-13-38-23(39-14-22)12-5-18-3-6-20(7-4-18)26(28,29)30/h3-12,16-17,22-23,37H,13-15H2,1-2H3/b12-5+. The Morgan fingerprint density at radius 2 is 1.43 bits per heavy atom. The van der Waals surface area contributed by atoms with Crippen LogP contribution in [0, 0.1) is 0 Å². The van der Waals surface area contributed by atoms with Crippen molar-refractivity contribution in [3.63, 3.8) is 0 Å². The van der Waals surface area contributed by atoms with Gasteiger partial charge in [-0.1, -0.05) is 30.3 Å². The Morgan fingerprint density at radius 3 is 1.93 bits per heavy atom. The van der Waals surface area contributed by atoms with Crippen LogP contribution in [0.1, 0.15) is 36.1 Å². The largest absolute Gasteiger partial charge is 0.416 e. The van der Waals surface area contributed by atoms with Crippen molar-refractivity contribution in [1.82, 2.24) is 14.8 Å². The van der Waals surface area contributed by atoms with Crippen LogP contribution in [0.4, 0.5) is 26.3 Å². The first-order chi connectivity index (χ1) is 18.7. The maximum atomic E-state index is 13.1. The summed E-state index contributed by atoms with van der Waals surface area (Å²) in [7, 11) is 0. The first-order valence-electron chi connectivity index (χ1n) is 12.2. The van der Waals surface area contributed by atoms with Gasteiger partial charge in [0, 0.05) is 4.75 Å². The first kappa shape index (κ1) is 30.1. The molecule has 1 aliphatic rings. The second kappa shape index (κ2) is 11.6. The second-order valence-electron chi connectivity index (χ2n) is 9.79. The molecule has 0 saturated carbocycles. The van der Waals surface area contributed by atoms with Crippen molar-refractivity contribution in [2.24, 2.45) is 0 Å². The lowest BCUT2D eigenvalue weighted by atomic mass is 9.82. The maximum Gasteiger partial charge on any atom is 0.416 e. The first-order valence-corrected chi connectivity index (χ1v) is 13.0. The van der Waals surface area contributed by atoms with Crippen LogP contribution in [0.25, 0.3) is 6.08 Å². The number of rotatable bonds is 8. The molecule has 2 aromatic carbocycles. The summed E-state index contributed by atoms with van der Waals surface area (Å²) in [5, 5.41) is 15.8. The minimum Gasteiger partial charge on any atom is -0.382 e. The molecule has 4 rings (SSSR count). The molecule has 0 spiro atoms. The summed E-state index contributed by atoms with van der Waals surface area (Å²) in [6, 6.07) is 9.07. The molecule has 40 heavy (non-hydrogen) atoms. The quantitative estimate of drug-likeness (QED) is 0.318. The average molecular weight is 588 g/mol. The van der Waals surface area contributed by atoms with Gasteiger partial charge in [-0.15, -0.1) is 11.8 Å². The fourth-order valence-corrected chi connectivity index (χ4v) is 5.78. The molecule has 2 heterocycles. The maximum absolute atomic E-state index is 13.1. The lowest BCUT2D eigenvalue weighted by Gasteiger charge is -2.45. The van der Waals surface area contributed by atoms with Gasteiger partial charge in [0.1, 0.15) is 18.3 Å². The summed E-state index contributed by atoms with van der Waals surface area (Å²) >= 11 is 1.36. The van der Waals surface area contributed by atoms with E-state index in [1.807, 2.05) is 0 Å². The van der Waals surface area contributed by atoms with Crippen molar-refractivity contribution in [2.45, 2.75) is 54.6 Å². The van der Waals surface area contributed by atoms with Gasteiger partial charge in [0.2, 0.25) is 0 Å². The molecule has 0 bridgehead atoms. The highest BCUT2D eigenvalue weighted by atomic mass is 32.2. The number of aliphatic hydroxyl groups is 1. The molecular weight excluding hydrogens is 560 g/mol. The van der Waals surface area contributed by atoms with E-state index < -0.39 is 40.1 Å². The fraction of sp³-hybridized carbons (Fsp3) is 0.407. The third kappa shape index (κ3) is 7.06. The van der Waals surface area contributed by atoms with Crippen LogP contribution in [-0.4, -0.2) is 49.4 Å². The molecular formula is C27H27F6N3O3S. The highest BCUT2D eigenvalue weighted by molar-refractivity contribution is 8.01. The van der Waals surface area contributed by atoms with Crippen LogP contribution in [0.15, 0.2) is 67.3 Å². The number of thioether (sulfide) groups is 1. The second-order valence-corrected chi connectivity index (χ2v) is 11.7. The van der Waals surface area contributed by atoms with E-state index in [1.165, 1.54) is 53.4 Å². The number of hydrogen-bond donors (Lipinski definition) is 1. The van der Waals surface area contributed by atoms with Crippen LogP contribution >= 0.6 is 11.8 Å². The van der Waals surface area contributed by atoms with Crippen LogP contribution < -0.4 is 0 Å². The van der Waals surface area contributed by atoms with Crippen LogP contribution in [0.2, 0.25) is 0 Å². The number of ether oxygens (including phenoxy) is 2. The minimum absolute atomic E-state index is 0.0642. The summed E-state index contributed by atoms with van der Waals surface area (Å²) < 4.78 is 89.7. The molecule has 0 radical (unpaired) electrons. The topological polar surface area (TPSA) is 69.4 Å². The van der Waals surface area contributed by atoms with Crippen molar-refractivity contribution >= 4 is 17.8 Å². The van der Waals surface area contributed by atoms with Crippen molar-refractivity contribution in [1.29, 1.82) is 0 Å². The molecule has 1 aromatic heterocycles. The van der Waals surface area contributed by atoms with Gasteiger partial charge < -0.3 is 14.6 Å². The third-order valence-corrected chi connectivity index (χ3v) is 8.11. The van der Waals surface area contributed by atoms with Gasteiger partial charge in [0.05, 0.1) is 36.1 Å². The molecule has 3 aromatic rings. The average Bonchev–Trinajstić information content (AvgIpc) is 3.40. The predicted octanol–water partition coefficient (Wildman–Crippen LogP) is 6.17. The number of hydrogen-bond acceptors (Lipinski definition) is 6. The summed E-state index contributed by atoms with van der Waals surface area (Å²) in [5.41, 5.74) is -2.39. The lowest BCUT2D eigenvalue weighted by molar-refractivity contribution is -0.146. The van der Waals surface area contributed by atoms with Crippen molar-refractivity contribution in [3.8, 4) is 0 Å². The Bertz CT molecular complexity index is 1270. The Hall–Kier alpha value is -2.87. The smallest absolute Gasteiger partial charge is 0.382 e. The zero-order chi connectivity index (χ0) is 29.2. The highest BCUT2D eigenvalue weighted by Crippen LogP contribution is 2.46. The Labute approximate surface area is 231 Å². The van der Waals surface area contributed by atoms with Gasteiger partial charge in [-0.3, -0.25) is 0 Å². The van der Waals surface area contributed by atoms with E-state index in [0.717, 1.165) is 24.3 Å². The van der Waals surface area contributed by atoms with Gasteiger partial charge in [0.15, 0.2) is 6.29 Å². The van der Waals surface area contributed by atoms with Crippen molar-refractivity contribution in [2.75, 3.05) is 13.2 Å². The summed E-state index contributed by atoms with van der Waals surface area (Å²) in [5.74, 6) is 0. The van der Waals surface area contributed by atoms with Crippen molar-refractivity contribution < 1.29 is 40.9 Å². The molecule has 13 heteroatoms. The monoisotopic (exact) mass is 587 g/mol. The predicted molar refractivity (Wildman–Crippen MR) is 137 cm³/mol. The zero-order valence-corrected chi connectivity index (χ0v) is 22.3. The van der Waals surface area contributed by atoms with Crippen LogP contribution in [0.5, 0.6) is 0 Å². The molecule has 216 valence electrons. The molecule has 0 amide bonds. The molecule has 1 fully saturated rings. The normalized spacial score (nSPS) is 20.5. The summed E-state index contributed by atoms with van der Waals surface area (Å²) in [4.78, 5) is 3.90. The Kier molecular flexibility index (Phi) is 8.69. The van der Waals surface area contributed by atoms with Crippen molar-refractivity contribution in [3.05, 3.63) is 89.5 Å². The van der Waals surface area contributed by atoms with Gasteiger partial charge in [-0.2, -0.15) is 31.4 Å². The van der Waals surface area contributed by atoms with Gasteiger partial charge >= 0.3 is 12.4 Å². The van der Waals surface area contributed by atoms with E-state index in [4.69, 9.17) is 9.47 Å². The minimum atomic E-state index is -4.51. The fourth-order valence-electron chi connectivity index (χ4n) is 4.28. The molecule has 1 saturated heterocycles. The SMILES string of the molecule is CC(C)(SC1COC(/C=C/c2ccc(C(F)(F)F)cc2)OC1)C(O)(Cn1cncn1)c1ccc(C(F)(F)F)cc1. The van der Waals surface area contributed by atoms with E-state index in [2.05, 4.69) is 10.1 Å². The summed E-state index contributed by atoms with van der Waals surface area (Å²) in [6.45, 7) is 3.97. The van der Waals surface area contributed by atoms with E-state index >= 15 is 0 Å². The van der Waals surface area contributed by atoms with Gasteiger partial charge in [0.25, 0.3) is 0 Å².